The zero-order valence-electron chi connectivity index (χ0n) is 12.3. The van der Waals surface area contributed by atoms with Crippen molar-refractivity contribution in [1.82, 2.24) is 0 Å². The minimum atomic E-state index is 0.864. The smallest absolute Gasteiger partial charge is 0.132 e. The van der Waals surface area contributed by atoms with E-state index in [-0.39, 0.29) is 0 Å². The Morgan fingerprint density at radius 1 is 1.11 bits per heavy atom. The summed E-state index contributed by atoms with van der Waals surface area (Å²) >= 11 is 1.85. The molecule has 0 amide bonds. The third-order valence-electron chi connectivity index (χ3n) is 3.02. The number of benzene rings is 1. The van der Waals surface area contributed by atoms with Crippen molar-refractivity contribution in [3.05, 3.63) is 17.7 Å². The molecule has 0 unspecified atom stereocenters. The molecule has 0 saturated heterocycles. The summed E-state index contributed by atoms with van der Waals surface area (Å²) in [4.78, 5) is 1.17. The summed E-state index contributed by atoms with van der Waals surface area (Å²) in [5.74, 6) is 3.02. The summed E-state index contributed by atoms with van der Waals surface area (Å²) in [6, 6.07) is 4.19. The Kier molecular flexibility index (Phi) is 7.75. The first-order chi connectivity index (χ1) is 9.26. The number of hydrogen-bond donors (Lipinski definition) is 1. The lowest BCUT2D eigenvalue weighted by Gasteiger charge is -2.14. The molecule has 0 aliphatic rings. The summed E-state index contributed by atoms with van der Waals surface area (Å²) in [5.41, 5.74) is 5.08. The van der Waals surface area contributed by atoms with Gasteiger partial charge >= 0.3 is 0 Å². The molecule has 4 heteroatoms. The van der Waals surface area contributed by atoms with Crippen molar-refractivity contribution in [3.8, 4) is 11.5 Å². The summed E-state index contributed by atoms with van der Waals surface area (Å²) in [6.07, 6.45) is 4.70. The lowest BCUT2D eigenvalue weighted by molar-refractivity contribution is -0.366. The monoisotopic (exact) mass is 284 g/mol. The molecule has 19 heavy (non-hydrogen) atoms. The van der Waals surface area contributed by atoms with Crippen LogP contribution < -0.4 is 15.2 Å². The average molecular weight is 284 g/mol. The Morgan fingerprint density at radius 3 is 2.42 bits per heavy atom. The number of ether oxygens (including phenoxy) is 2. The van der Waals surface area contributed by atoms with E-state index in [9.17, 15) is 0 Å². The molecule has 1 aromatic rings. The van der Waals surface area contributed by atoms with E-state index >= 15 is 0 Å². The first-order valence-corrected chi connectivity index (χ1v) is 7.92. The van der Waals surface area contributed by atoms with Gasteiger partial charge in [0.1, 0.15) is 11.5 Å². The van der Waals surface area contributed by atoms with Crippen molar-refractivity contribution >= 4 is 11.8 Å². The summed E-state index contributed by atoms with van der Waals surface area (Å²) in [5, 5.41) is 0. The van der Waals surface area contributed by atoms with Crippen LogP contribution in [0.15, 0.2) is 17.0 Å². The van der Waals surface area contributed by atoms with Crippen LogP contribution in [-0.2, 0) is 6.42 Å². The lowest BCUT2D eigenvalue weighted by atomic mass is 10.1. The molecule has 3 N–H and O–H groups in total. The summed E-state index contributed by atoms with van der Waals surface area (Å²) in [7, 11) is 3.45. The molecule has 0 bridgehead atoms. The van der Waals surface area contributed by atoms with E-state index in [4.69, 9.17) is 9.47 Å². The molecule has 0 saturated carbocycles. The van der Waals surface area contributed by atoms with Gasteiger partial charge in [0.15, 0.2) is 0 Å². The van der Waals surface area contributed by atoms with Gasteiger partial charge in [-0.05, 0) is 24.3 Å². The van der Waals surface area contributed by atoms with Crippen LogP contribution in [0.25, 0.3) is 0 Å². The predicted octanol–water partition coefficient (Wildman–Crippen LogP) is 2.77. The molecule has 0 fully saturated rings. The fourth-order valence-corrected chi connectivity index (χ4v) is 3.01. The fourth-order valence-electron chi connectivity index (χ4n) is 1.97. The Hall–Kier alpha value is -0.870. The zero-order chi connectivity index (χ0) is 14.1. The Morgan fingerprint density at radius 2 is 1.84 bits per heavy atom. The molecule has 108 valence electrons. The molecule has 3 nitrogen and oxygen atoms in total. The molecule has 0 spiro atoms. The van der Waals surface area contributed by atoms with Crippen molar-refractivity contribution in [2.75, 3.05) is 26.5 Å². The highest BCUT2D eigenvalue weighted by molar-refractivity contribution is 7.99. The van der Waals surface area contributed by atoms with E-state index in [1.807, 2.05) is 11.8 Å². The summed E-state index contributed by atoms with van der Waals surface area (Å²) < 4.78 is 11.0. The molecule has 0 atom stereocenters. The first kappa shape index (κ1) is 16.2. The van der Waals surface area contributed by atoms with Gasteiger partial charge in [0.2, 0.25) is 0 Å². The molecule has 1 aromatic carbocycles. The topological polar surface area (TPSA) is 46.1 Å². The van der Waals surface area contributed by atoms with E-state index in [2.05, 4.69) is 24.8 Å². The molecule has 0 aromatic heterocycles. The molecule has 0 aliphatic heterocycles. The lowest BCUT2D eigenvalue weighted by Crippen LogP contribution is -2.51. The van der Waals surface area contributed by atoms with Gasteiger partial charge in [-0.1, -0.05) is 19.8 Å². The Balaban J connectivity index is 2.83. The van der Waals surface area contributed by atoms with Crippen molar-refractivity contribution in [2.45, 2.75) is 37.5 Å². The number of methoxy groups -OCH3 is 2. The quantitative estimate of drug-likeness (QED) is 0.560. The van der Waals surface area contributed by atoms with Gasteiger partial charge in [0.05, 0.1) is 25.7 Å². The van der Waals surface area contributed by atoms with Gasteiger partial charge in [-0.15, -0.1) is 11.8 Å². The maximum absolute atomic E-state index is 5.49. The predicted molar refractivity (Wildman–Crippen MR) is 81.3 cm³/mol. The molecule has 0 radical (unpaired) electrons. The minimum Gasteiger partial charge on any atom is -0.496 e. The number of unbranched alkanes of at least 4 members (excludes halogenated alkanes) is 2. The van der Waals surface area contributed by atoms with E-state index in [0.29, 0.717) is 0 Å². The third-order valence-corrected chi connectivity index (χ3v) is 4.14. The second-order valence-corrected chi connectivity index (χ2v) is 5.61. The molecular weight excluding hydrogens is 258 g/mol. The van der Waals surface area contributed by atoms with Crippen molar-refractivity contribution in [3.63, 3.8) is 0 Å². The zero-order valence-corrected chi connectivity index (χ0v) is 13.1. The number of quaternary nitrogens is 1. The van der Waals surface area contributed by atoms with Gasteiger partial charge in [-0.2, -0.15) is 0 Å². The van der Waals surface area contributed by atoms with Gasteiger partial charge in [-0.3, -0.25) is 0 Å². The van der Waals surface area contributed by atoms with Gasteiger partial charge < -0.3 is 15.2 Å². The highest BCUT2D eigenvalue weighted by Crippen LogP contribution is 2.36. The first-order valence-electron chi connectivity index (χ1n) is 6.93. The van der Waals surface area contributed by atoms with Crippen LogP contribution in [0.4, 0.5) is 0 Å². The second-order valence-electron chi connectivity index (χ2n) is 4.47. The maximum Gasteiger partial charge on any atom is 0.132 e. The Labute approximate surface area is 120 Å². The third kappa shape index (κ3) is 4.96. The van der Waals surface area contributed by atoms with Crippen molar-refractivity contribution in [2.24, 2.45) is 0 Å². The normalized spacial score (nSPS) is 10.5. The van der Waals surface area contributed by atoms with Crippen LogP contribution in [-0.4, -0.2) is 26.5 Å². The van der Waals surface area contributed by atoms with Crippen LogP contribution in [0.3, 0.4) is 0 Å². The van der Waals surface area contributed by atoms with Crippen LogP contribution >= 0.6 is 11.8 Å². The SMILES string of the molecule is CCCCCSc1cc(OC)c(CC[NH3+])cc1OC. The number of thioether (sulfide) groups is 1. The molecule has 0 heterocycles. The van der Waals surface area contributed by atoms with Crippen LogP contribution in [0.5, 0.6) is 11.5 Å². The van der Waals surface area contributed by atoms with E-state index < -0.39 is 0 Å². The number of hydrogen-bond acceptors (Lipinski definition) is 3. The largest absolute Gasteiger partial charge is 0.496 e. The average Bonchev–Trinajstić information content (AvgIpc) is 2.44. The van der Waals surface area contributed by atoms with Gasteiger partial charge in [0, 0.05) is 12.0 Å². The van der Waals surface area contributed by atoms with Crippen molar-refractivity contribution < 1.29 is 15.2 Å². The maximum atomic E-state index is 5.49. The standard InChI is InChI=1S/C15H25NO2S/c1-4-5-6-9-19-15-11-13(17-2)12(7-8-16)10-14(15)18-3/h10-11H,4-9,16H2,1-3H3/p+1. The van der Waals surface area contributed by atoms with E-state index in [1.165, 1.54) is 29.7 Å². The highest BCUT2D eigenvalue weighted by atomic mass is 32.2. The molecule has 1 rings (SSSR count). The second kappa shape index (κ2) is 9.10. The van der Waals surface area contributed by atoms with Gasteiger partial charge in [-0.25, -0.2) is 0 Å². The highest BCUT2D eigenvalue weighted by Gasteiger charge is 2.11. The fraction of sp³-hybridized carbons (Fsp3) is 0.600. The number of rotatable bonds is 9. The van der Waals surface area contributed by atoms with Crippen LogP contribution in [0, 0.1) is 0 Å². The molecule has 0 aliphatic carbocycles. The Bertz CT molecular complexity index is 383. The minimum absolute atomic E-state index is 0.864. The van der Waals surface area contributed by atoms with Crippen LogP contribution in [0.1, 0.15) is 31.7 Å². The van der Waals surface area contributed by atoms with E-state index in [0.717, 1.165) is 30.2 Å². The molecular formula is C15H26NO2S+. The van der Waals surface area contributed by atoms with E-state index in [1.54, 1.807) is 14.2 Å². The van der Waals surface area contributed by atoms with Crippen molar-refractivity contribution in [1.29, 1.82) is 0 Å². The van der Waals surface area contributed by atoms with Crippen LogP contribution in [0.2, 0.25) is 0 Å². The van der Waals surface area contributed by atoms with Gasteiger partial charge in [0.25, 0.3) is 0 Å². The summed E-state index contributed by atoms with van der Waals surface area (Å²) in [6.45, 7) is 3.09.